The van der Waals surface area contributed by atoms with Crippen LogP contribution < -0.4 is 5.73 Å². The van der Waals surface area contributed by atoms with Crippen LogP contribution >= 0.6 is 15.9 Å². The van der Waals surface area contributed by atoms with Gasteiger partial charge in [-0.05, 0) is 55.2 Å². The number of carbonyl (C=O) groups excluding carboxylic acids is 1. The second-order valence-corrected chi connectivity index (χ2v) is 6.75. The van der Waals surface area contributed by atoms with E-state index in [-0.39, 0.29) is 5.78 Å². The van der Waals surface area contributed by atoms with Crippen molar-refractivity contribution in [1.29, 1.82) is 0 Å². The molecule has 3 atom stereocenters. The predicted molar refractivity (Wildman–Crippen MR) is 76.4 cm³/mol. The molecule has 18 heavy (non-hydrogen) atoms. The molecule has 2 aliphatic carbocycles. The first kappa shape index (κ1) is 12.2. The summed E-state index contributed by atoms with van der Waals surface area (Å²) in [6.07, 6.45) is 6.05. The van der Waals surface area contributed by atoms with Crippen LogP contribution in [0.15, 0.2) is 22.7 Å². The molecule has 2 nitrogen and oxygen atoms in total. The van der Waals surface area contributed by atoms with E-state index in [1.54, 1.807) is 6.07 Å². The van der Waals surface area contributed by atoms with Gasteiger partial charge < -0.3 is 5.73 Å². The molecule has 0 saturated heterocycles. The Morgan fingerprint density at radius 1 is 1.28 bits per heavy atom. The molecule has 2 aliphatic rings. The molecule has 2 bridgehead atoms. The maximum absolute atomic E-state index is 12.3. The van der Waals surface area contributed by atoms with E-state index in [1.807, 2.05) is 12.1 Å². The number of anilines is 1. The number of ketones is 1. The quantitative estimate of drug-likeness (QED) is 0.676. The molecule has 0 heterocycles. The standard InChI is InChI=1S/C15H18BrNO/c16-13-5-12(6-14(17)8-13)15(18)7-11-4-9-1-2-10(11)3-9/h5-6,8-11H,1-4,7,17H2. The molecule has 1 aromatic carbocycles. The molecular weight excluding hydrogens is 290 g/mol. The zero-order valence-electron chi connectivity index (χ0n) is 10.4. The monoisotopic (exact) mass is 307 g/mol. The molecule has 3 heteroatoms. The highest BCUT2D eigenvalue weighted by Gasteiger charge is 2.40. The van der Waals surface area contributed by atoms with Gasteiger partial charge in [-0.15, -0.1) is 0 Å². The van der Waals surface area contributed by atoms with Gasteiger partial charge >= 0.3 is 0 Å². The van der Waals surface area contributed by atoms with Crippen molar-refractivity contribution in [3.8, 4) is 0 Å². The second-order valence-electron chi connectivity index (χ2n) is 5.84. The molecule has 3 unspecified atom stereocenters. The molecule has 0 spiro atoms. The number of fused-ring (bicyclic) bond motifs is 2. The van der Waals surface area contributed by atoms with Gasteiger partial charge in [0.25, 0.3) is 0 Å². The first-order valence-corrected chi connectivity index (χ1v) is 7.50. The average molecular weight is 308 g/mol. The van der Waals surface area contributed by atoms with Crippen molar-refractivity contribution >= 4 is 27.4 Å². The maximum Gasteiger partial charge on any atom is 0.163 e. The van der Waals surface area contributed by atoms with Crippen LogP contribution in [-0.4, -0.2) is 5.78 Å². The fourth-order valence-corrected chi connectivity index (χ4v) is 4.27. The zero-order chi connectivity index (χ0) is 12.7. The summed E-state index contributed by atoms with van der Waals surface area (Å²) in [6.45, 7) is 0. The van der Waals surface area contributed by atoms with Gasteiger partial charge in [0.1, 0.15) is 0 Å². The van der Waals surface area contributed by atoms with Crippen molar-refractivity contribution in [3.05, 3.63) is 28.2 Å². The summed E-state index contributed by atoms with van der Waals surface area (Å²) < 4.78 is 0.888. The third-order valence-corrected chi connectivity index (χ3v) is 5.03. The summed E-state index contributed by atoms with van der Waals surface area (Å²) in [4.78, 5) is 12.3. The third-order valence-electron chi connectivity index (χ3n) is 4.57. The van der Waals surface area contributed by atoms with Crippen molar-refractivity contribution in [2.24, 2.45) is 17.8 Å². The lowest BCUT2D eigenvalue weighted by Crippen LogP contribution is -2.15. The van der Waals surface area contributed by atoms with E-state index in [4.69, 9.17) is 5.73 Å². The Morgan fingerprint density at radius 2 is 2.11 bits per heavy atom. The fraction of sp³-hybridized carbons (Fsp3) is 0.533. The van der Waals surface area contributed by atoms with E-state index >= 15 is 0 Å². The average Bonchev–Trinajstić information content (AvgIpc) is 2.89. The van der Waals surface area contributed by atoms with Gasteiger partial charge in [-0.3, -0.25) is 4.79 Å². The van der Waals surface area contributed by atoms with E-state index < -0.39 is 0 Å². The Kier molecular flexibility index (Phi) is 3.18. The van der Waals surface area contributed by atoms with Gasteiger partial charge in [0.2, 0.25) is 0 Å². The number of nitrogens with two attached hydrogens (primary N) is 1. The van der Waals surface area contributed by atoms with Crippen molar-refractivity contribution < 1.29 is 4.79 Å². The zero-order valence-corrected chi connectivity index (χ0v) is 11.9. The first-order chi connectivity index (χ1) is 8.61. The van der Waals surface area contributed by atoms with Crippen LogP contribution in [0.1, 0.15) is 42.5 Å². The summed E-state index contributed by atoms with van der Waals surface area (Å²) in [5, 5.41) is 0. The highest BCUT2D eigenvalue weighted by molar-refractivity contribution is 9.10. The molecule has 3 rings (SSSR count). The lowest BCUT2D eigenvalue weighted by molar-refractivity contribution is 0.0944. The van der Waals surface area contributed by atoms with E-state index in [2.05, 4.69) is 15.9 Å². The second kappa shape index (κ2) is 4.69. The van der Waals surface area contributed by atoms with E-state index in [9.17, 15) is 4.79 Å². The molecule has 1 aromatic rings. The highest BCUT2D eigenvalue weighted by atomic mass is 79.9. The lowest BCUT2D eigenvalue weighted by atomic mass is 9.84. The van der Waals surface area contributed by atoms with Gasteiger partial charge in [0, 0.05) is 22.1 Å². The number of Topliss-reactive ketones (excluding diaryl/α,β-unsaturated/α-hetero) is 1. The molecule has 0 radical (unpaired) electrons. The van der Waals surface area contributed by atoms with Crippen LogP contribution in [0, 0.1) is 17.8 Å². The normalized spacial score (nSPS) is 29.7. The summed E-state index contributed by atoms with van der Waals surface area (Å²) in [5.41, 5.74) is 7.19. The SMILES string of the molecule is Nc1cc(Br)cc(C(=O)CC2CC3CCC2C3)c1. The van der Waals surface area contributed by atoms with Gasteiger partial charge in [0.05, 0.1) is 0 Å². The summed E-state index contributed by atoms with van der Waals surface area (Å²) in [6, 6.07) is 5.50. The number of carbonyl (C=O) groups is 1. The number of benzene rings is 1. The number of hydrogen-bond donors (Lipinski definition) is 1. The molecule has 2 saturated carbocycles. The first-order valence-electron chi connectivity index (χ1n) is 6.71. The molecule has 2 fully saturated rings. The molecular formula is C15H18BrNO. The number of hydrogen-bond acceptors (Lipinski definition) is 2. The van der Waals surface area contributed by atoms with Crippen LogP contribution in [-0.2, 0) is 0 Å². The Bertz CT molecular complexity index is 465. The van der Waals surface area contributed by atoms with Crippen molar-refractivity contribution in [2.75, 3.05) is 5.73 Å². The van der Waals surface area contributed by atoms with E-state index in [0.29, 0.717) is 18.0 Å². The summed E-state index contributed by atoms with van der Waals surface area (Å²) in [7, 11) is 0. The molecule has 0 aromatic heterocycles. The molecule has 0 amide bonds. The minimum Gasteiger partial charge on any atom is -0.399 e. The fourth-order valence-electron chi connectivity index (χ4n) is 3.76. The summed E-state index contributed by atoms with van der Waals surface area (Å²) in [5.74, 6) is 2.58. The largest absolute Gasteiger partial charge is 0.399 e. The minimum atomic E-state index is 0.251. The number of nitrogen functional groups attached to an aromatic ring is 1. The molecule has 96 valence electrons. The van der Waals surface area contributed by atoms with Crippen LogP contribution in [0.4, 0.5) is 5.69 Å². The van der Waals surface area contributed by atoms with Crippen LogP contribution in [0.5, 0.6) is 0 Å². The van der Waals surface area contributed by atoms with Crippen molar-refractivity contribution in [1.82, 2.24) is 0 Å². The van der Waals surface area contributed by atoms with Gasteiger partial charge in [0.15, 0.2) is 5.78 Å². The van der Waals surface area contributed by atoms with Crippen LogP contribution in [0.25, 0.3) is 0 Å². The van der Waals surface area contributed by atoms with E-state index in [1.165, 1.54) is 25.7 Å². The Balaban J connectivity index is 1.71. The van der Waals surface area contributed by atoms with E-state index in [0.717, 1.165) is 21.9 Å². The highest BCUT2D eigenvalue weighted by Crippen LogP contribution is 2.49. The van der Waals surface area contributed by atoms with Crippen molar-refractivity contribution in [3.63, 3.8) is 0 Å². The molecule has 0 aliphatic heterocycles. The van der Waals surface area contributed by atoms with Gasteiger partial charge in [-0.1, -0.05) is 22.4 Å². The van der Waals surface area contributed by atoms with Crippen molar-refractivity contribution in [2.45, 2.75) is 32.1 Å². The third kappa shape index (κ3) is 2.33. The van der Waals surface area contributed by atoms with Crippen LogP contribution in [0.2, 0.25) is 0 Å². The Morgan fingerprint density at radius 3 is 2.72 bits per heavy atom. The van der Waals surface area contributed by atoms with Crippen LogP contribution in [0.3, 0.4) is 0 Å². The maximum atomic E-state index is 12.3. The molecule has 2 N–H and O–H groups in total. The number of rotatable bonds is 3. The minimum absolute atomic E-state index is 0.251. The Labute approximate surface area is 116 Å². The lowest BCUT2D eigenvalue weighted by Gasteiger charge is -2.20. The summed E-state index contributed by atoms with van der Waals surface area (Å²) >= 11 is 3.39. The predicted octanol–water partition coefficient (Wildman–Crippen LogP) is 4.04. The Hall–Kier alpha value is -0.830. The smallest absolute Gasteiger partial charge is 0.163 e. The number of halogens is 1. The van der Waals surface area contributed by atoms with Gasteiger partial charge in [-0.2, -0.15) is 0 Å². The van der Waals surface area contributed by atoms with Gasteiger partial charge in [-0.25, -0.2) is 0 Å². The topological polar surface area (TPSA) is 43.1 Å².